The van der Waals surface area contributed by atoms with Gasteiger partial charge in [-0.25, -0.2) is 0 Å². The van der Waals surface area contributed by atoms with Crippen LogP contribution in [0.4, 0.5) is 0 Å². The van der Waals surface area contributed by atoms with Gasteiger partial charge in [-0.05, 0) is 256 Å². The van der Waals surface area contributed by atoms with E-state index in [2.05, 4.69) is 251 Å². The minimum atomic E-state index is 0.491. The third kappa shape index (κ3) is 8.81. The fourth-order valence-electron chi connectivity index (χ4n) is 13.4. The molecule has 0 aliphatic carbocycles. The van der Waals surface area contributed by atoms with Gasteiger partial charge in [-0.2, -0.15) is 0 Å². The fourth-order valence-corrected chi connectivity index (χ4v) is 15.8. The summed E-state index contributed by atoms with van der Waals surface area (Å²) in [6.45, 7) is 26.7. The monoisotopic (exact) mass is 1060 g/mol. The molecule has 13 rings (SSSR count). The van der Waals surface area contributed by atoms with Crippen LogP contribution in [0.15, 0.2) is 162 Å². The molecule has 386 valence electrons. The molecule has 0 spiro atoms. The highest BCUT2D eigenvalue weighted by molar-refractivity contribution is 7.26. The van der Waals surface area contributed by atoms with Crippen molar-refractivity contribution in [1.82, 2.24) is 10.2 Å². The predicted molar refractivity (Wildman–Crippen MR) is 340 cm³/mol. The highest BCUT2D eigenvalue weighted by atomic mass is 32.1. The summed E-state index contributed by atoms with van der Waals surface area (Å²) in [5.74, 6) is 0.982. The third-order valence-corrected chi connectivity index (χ3v) is 18.8. The van der Waals surface area contributed by atoms with Crippen molar-refractivity contribution in [1.29, 1.82) is 0 Å². The quantitative estimate of drug-likeness (QED) is 0.152. The van der Waals surface area contributed by atoms with E-state index in [0.29, 0.717) is 11.8 Å². The van der Waals surface area contributed by atoms with Crippen molar-refractivity contribution in [3.05, 3.63) is 224 Å². The number of benzene rings is 10. The van der Waals surface area contributed by atoms with Gasteiger partial charge in [-0.3, -0.25) is 0 Å². The molecule has 0 saturated heterocycles. The van der Waals surface area contributed by atoms with Crippen molar-refractivity contribution < 1.29 is 4.42 Å². The molecule has 0 unspecified atom stereocenters. The Bertz CT molecular complexity index is 4270. The van der Waals surface area contributed by atoms with E-state index in [1.807, 2.05) is 22.7 Å². The molecule has 79 heavy (non-hydrogen) atoms. The highest BCUT2D eigenvalue weighted by Crippen LogP contribution is 2.48. The number of nitrogens with zero attached hydrogens (tertiary/aromatic N) is 2. The van der Waals surface area contributed by atoms with E-state index in [0.717, 1.165) is 22.3 Å². The van der Waals surface area contributed by atoms with E-state index >= 15 is 0 Å². The summed E-state index contributed by atoms with van der Waals surface area (Å²) < 4.78 is 11.6. The Kier molecular flexibility index (Phi) is 12.3. The summed E-state index contributed by atoms with van der Waals surface area (Å²) in [5, 5.41) is 14.4. The number of aryl methyl sites for hydroxylation is 12. The summed E-state index contributed by atoms with van der Waals surface area (Å²) in [6.07, 6.45) is 0. The van der Waals surface area contributed by atoms with Crippen molar-refractivity contribution in [2.24, 2.45) is 0 Å². The molecule has 0 saturated carbocycles. The van der Waals surface area contributed by atoms with Crippen LogP contribution in [0, 0.1) is 83.1 Å². The Morgan fingerprint density at radius 3 is 0.848 bits per heavy atom. The zero-order valence-electron chi connectivity index (χ0n) is 47.1. The molecule has 0 aliphatic rings. The van der Waals surface area contributed by atoms with Crippen LogP contribution in [0.2, 0.25) is 0 Å². The number of hydrogen-bond donors (Lipinski definition) is 0. The molecule has 0 fully saturated rings. The molecule has 10 aromatic carbocycles. The van der Waals surface area contributed by atoms with Gasteiger partial charge in [0.15, 0.2) is 0 Å². The Morgan fingerprint density at radius 2 is 0.532 bits per heavy atom. The second kappa shape index (κ2) is 19.3. The first-order valence-corrected chi connectivity index (χ1v) is 29.1. The molecule has 0 aliphatic heterocycles. The van der Waals surface area contributed by atoms with Crippen LogP contribution in [-0.2, 0) is 0 Å². The van der Waals surface area contributed by atoms with Crippen molar-refractivity contribution in [2.45, 2.75) is 83.1 Å². The number of thiophene rings is 2. The summed E-state index contributed by atoms with van der Waals surface area (Å²) in [4.78, 5) is 0. The summed E-state index contributed by atoms with van der Waals surface area (Å²) in [6, 6.07) is 59.5. The maximum absolute atomic E-state index is 6.52. The molecular weight excluding hydrogens is 997 g/mol. The lowest BCUT2D eigenvalue weighted by Crippen LogP contribution is -1.92. The van der Waals surface area contributed by atoms with Gasteiger partial charge in [-0.15, -0.1) is 32.9 Å². The Hall–Kier alpha value is -8.22. The normalized spacial score (nSPS) is 11.8. The molecule has 0 N–H and O–H groups in total. The van der Waals surface area contributed by atoms with Crippen molar-refractivity contribution in [3.8, 4) is 89.7 Å². The first-order chi connectivity index (χ1) is 38.0. The summed E-state index contributed by atoms with van der Waals surface area (Å²) in [7, 11) is 0. The SMILES string of the molecule is Cc1cc(C)c(-c2ccc3sc4c(-c5ccc(-c6nnc(-c7ccc(-c8cc(-c9c(C)cc(C)cc9C)cc9c8sc8ccc(-c%10c(C)cc(C)cc%10C)cc89)cc7)o6)cc5)cc(-c5c(C)cc(C)cc5C)cc4c3c2)c(C)c1. The number of rotatable bonds is 8. The molecule has 5 heteroatoms. The van der Waals surface area contributed by atoms with E-state index in [4.69, 9.17) is 4.42 Å². The van der Waals surface area contributed by atoms with Crippen LogP contribution in [0.5, 0.6) is 0 Å². The molecule has 0 radical (unpaired) electrons. The molecule has 0 bridgehead atoms. The number of aromatic nitrogens is 2. The maximum Gasteiger partial charge on any atom is 0.248 e. The minimum absolute atomic E-state index is 0.491. The molecule has 3 heterocycles. The van der Waals surface area contributed by atoms with Crippen LogP contribution >= 0.6 is 22.7 Å². The minimum Gasteiger partial charge on any atom is -0.416 e. The van der Waals surface area contributed by atoms with Gasteiger partial charge in [0, 0.05) is 62.6 Å². The Morgan fingerprint density at radius 1 is 0.266 bits per heavy atom. The lowest BCUT2D eigenvalue weighted by atomic mass is 9.89. The second-order valence-corrected chi connectivity index (χ2v) is 24.7. The average molecular weight is 1060 g/mol. The van der Waals surface area contributed by atoms with Crippen LogP contribution in [-0.4, -0.2) is 10.2 Å². The molecule has 3 aromatic heterocycles. The smallest absolute Gasteiger partial charge is 0.248 e. The van der Waals surface area contributed by atoms with Gasteiger partial charge in [0.2, 0.25) is 11.8 Å². The van der Waals surface area contributed by atoms with Crippen LogP contribution in [0.1, 0.15) is 66.8 Å². The van der Waals surface area contributed by atoms with E-state index in [1.54, 1.807) is 0 Å². The summed E-state index contributed by atoms with van der Waals surface area (Å²) >= 11 is 3.75. The van der Waals surface area contributed by atoms with Crippen molar-refractivity contribution >= 4 is 63.0 Å². The summed E-state index contributed by atoms with van der Waals surface area (Å²) in [5.41, 5.74) is 32.2. The fraction of sp³-hybridized carbons (Fsp3) is 0.162. The lowest BCUT2D eigenvalue weighted by molar-refractivity contribution is 0.584. The topological polar surface area (TPSA) is 38.9 Å². The lowest BCUT2D eigenvalue weighted by Gasteiger charge is -2.15. The first-order valence-electron chi connectivity index (χ1n) is 27.4. The van der Waals surface area contributed by atoms with Gasteiger partial charge >= 0.3 is 0 Å². The van der Waals surface area contributed by atoms with Crippen LogP contribution < -0.4 is 0 Å². The number of hydrogen-bond acceptors (Lipinski definition) is 5. The van der Waals surface area contributed by atoms with Crippen molar-refractivity contribution in [2.75, 3.05) is 0 Å². The third-order valence-electron chi connectivity index (χ3n) is 16.3. The Labute approximate surface area is 471 Å². The van der Waals surface area contributed by atoms with Gasteiger partial charge in [-0.1, -0.05) is 107 Å². The molecule has 13 aromatic rings. The van der Waals surface area contributed by atoms with Gasteiger partial charge < -0.3 is 4.42 Å². The van der Waals surface area contributed by atoms with E-state index in [-0.39, 0.29) is 0 Å². The zero-order chi connectivity index (χ0) is 54.7. The van der Waals surface area contributed by atoms with E-state index in [1.165, 1.54) is 163 Å². The molecule has 3 nitrogen and oxygen atoms in total. The zero-order valence-corrected chi connectivity index (χ0v) is 48.8. The van der Waals surface area contributed by atoms with Gasteiger partial charge in [0.1, 0.15) is 0 Å². The van der Waals surface area contributed by atoms with Gasteiger partial charge in [0.05, 0.1) is 0 Å². The maximum atomic E-state index is 6.52. The highest BCUT2D eigenvalue weighted by Gasteiger charge is 2.21. The Balaban J connectivity index is 0.859. The molecule has 0 amide bonds. The number of fused-ring (bicyclic) bond motifs is 6. The van der Waals surface area contributed by atoms with Crippen molar-refractivity contribution in [3.63, 3.8) is 0 Å². The molecular formula is C74H62N2OS2. The van der Waals surface area contributed by atoms with Crippen LogP contribution in [0.25, 0.3) is 130 Å². The average Bonchev–Trinajstić information content (AvgIpc) is 4.15. The molecule has 0 atom stereocenters. The van der Waals surface area contributed by atoms with E-state index in [9.17, 15) is 0 Å². The second-order valence-electron chi connectivity index (χ2n) is 22.6. The van der Waals surface area contributed by atoms with Crippen LogP contribution in [0.3, 0.4) is 0 Å². The van der Waals surface area contributed by atoms with E-state index < -0.39 is 0 Å². The largest absolute Gasteiger partial charge is 0.416 e. The predicted octanol–water partition coefficient (Wildman–Crippen LogP) is 21.8. The first kappa shape index (κ1) is 50.3. The standard InChI is InChI=1S/C74H62N2OS2/c1-39-25-43(5)67(44(6)26-39)55-21-23-65-61(33-55)63-37-57(69-47(9)29-41(3)30-48(69)10)35-59(71(63)78-65)51-13-17-53(18-14-51)73-75-76-74(77-73)54-19-15-52(16-20-54)60-36-58(70-49(11)31-42(4)32-50(70)12)38-64-62-34-56(22-24-66(62)79-72(60)64)68-45(7)27-40(2)28-46(68)8/h13-38H,1-12H3. The van der Waals surface area contributed by atoms with Gasteiger partial charge in [0.25, 0.3) is 0 Å².